The number of amides is 1. The van der Waals surface area contributed by atoms with Crippen LogP contribution in [-0.2, 0) is 4.79 Å². The van der Waals surface area contributed by atoms with E-state index in [2.05, 4.69) is 10.0 Å². The van der Waals surface area contributed by atoms with E-state index in [1.165, 1.54) is 0 Å². The topological polar surface area (TPSA) is 85.6 Å². The standard InChI is InChI=1S/C14H23N3O3S/c1-19-12-8-7-11(10-13(12)20-2)17-14(18)6-4-3-5-9-16-21-15/h7-8,10,16H,3-6,9,15H2,1-2H3,(H,17,18). The lowest BCUT2D eigenvalue weighted by Gasteiger charge is -2.10. The van der Waals surface area contributed by atoms with Crippen LogP contribution in [0.1, 0.15) is 25.7 Å². The van der Waals surface area contributed by atoms with E-state index in [1.807, 2.05) is 0 Å². The van der Waals surface area contributed by atoms with Crippen LogP contribution in [0.25, 0.3) is 0 Å². The van der Waals surface area contributed by atoms with Gasteiger partial charge in [0.2, 0.25) is 5.91 Å². The predicted molar refractivity (Wildman–Crippen MR) is 86.4 cm³/mol. The maximum Gasteiger partial charge on any atom is 0.224 e. The van der Waals surface area contributed by atoms with Crippen LogP contribution in [0, 0.1) is 0 Å². The molecule has 0 aliphatic carbocycles. The van der Waals surface area contributed by atoms with Gasteiger partial charge in [-0.25, -0.2) is 0 Å². The number of hydrogen-bond acceptors (Lipinski definition) is 6. The van der Waals surface area contributed by atoms with Gasteiger partial charge in [-0.3, -0.25) is 14.7 Å². The van der Waals surface area contributed by atoms with E-state index in [0.29, 0.717) is 23.6 Å². The average Bonchev–Trinajstić information content (AvgIpc) is 2.50. The number of rotatable bonds is 10. The lowest BCUT2D eigenvalue weighted by atomic mass is 10.2. The van der Waals surface area contributed by atoms with Crippen molar-refractivity contribution in [3.8, 4) is 11.5 Å². The van der Waals surface area contributed by atoms with Crippen LogP contribution in [0.15, 0.2) is 18.2 Å². The smallest absolute Gasteiger partial charge is 0.224 e. The molecule has 0 aliphatic rings. The third-order valence-electron chi connectivity index (χ3n) is 2.93. The van der Waals surface area contributed by atoms with E-state index in [4.69, 9.17) is 14.6 Å². The second-order valence-corrected chi connectivity index (χ2v) is 4.97. The van der Waals surface area contributed by atoms with E-state index in [-0.39, 0.29) is 5.91 Å². The normalized spacial score (nSPS) is 10.2. The zero-order valence-corrected chi connectivity index (χ0v) is 13.3. The number of hydrogen-bond donors (Lipinski definition) is 3. The fourth-order valence-corrected chi connectivity index (χ4v) is 2.12. The minimum atomic E-state index is 0.00313. The molecular weight excluding hydrogens is 290 g/mol. The van der Waals surface area contributed by atoms with Crippen molar-refractivity contribution in [1.82, 2.24) is 4.72 Å². The van der Waals surface area contributed by atoms with Crippen molar-refractivity contribution in [2.24, 2.45) is 5.14 Å². The zero-order chi connectivity index (χ0) is 15.5. The number of carbonyl (C=O) groups excluding carboxylic acids is 1. The molecule has 0 heterocycles. The quantitative estimate of drug-likeness (QED) is 0.454. The van der Waals surface area contributed by atoms with Crippen molar-refractivity contribution in [3.63, 3.8) is 0 Å². The van der Waals surface area contributed by atoms with Gasteiger partial charge in [-0.05, 0) is 25.0 Å². The van der Waals surface area contributed by atoms with Gasteiger partial charge in [-0.15, -0.1) is 0 Å². The van der Waals surface area contributed by atoms with Crippen LogP contribution in [0.4, 0.5) is 5.69 Å². The van der Waals surface area contributed by atoms with Crippen LogP contribution >= 0.6 is 12.1 Å². The number of methoxy groups -OCH3 is 2. The van der Waals surface area contributed by atoms with Crippen LogP contribution < -0.4 is 24.7 Å². The van der Waals surface area contributed by atoms with Crippen molar-refractivity contribution >= 4 is 23.7 Å². The Kier molecular flexibility index (Phi) is 8.65. The van der Waals surface area contributed by atoms with Crippen LogP contribution in [0.5, 0.6) is 11.5 Å². The molecule has 0 radical (unpaired) electrons. The van der Waals surface area contributed by atoms with Crippen LogP contribution in [0.2, 0.25) is 0 Å². The summed E-state index contributed by atoms with van der Waals surface area (Å²) >= 11 is 1.12. The zero-order valence-electron chi connectivity index (χ0n) is 12.5. The molecule has 7 heteroatoms. The molecule has 0 aromatic heterocycles. The molecule has 0 spiro atoms. The first-order chi connectivity index (χ1) is 10.2. The molecule has 0 aliphatic heterocycles. The number of nitrogens with two attached hydrogens (primary N) is 1. The van der Waals surface area contributed by atoms with Gasteiger partial charge < -0.3 is 14.8 Å². The number of unbranched alkanes of at least 4 members (excludes halogenated alkanes) is 2. The summed E-state index contributed by atoms with van der Waals surface area (Å²) in [6.45, 7) is 0.860. The highest BCUT2D eigenvalue weighted by atomic mass is 32.2. The van der Waals surface area contributed by atoms with E-state index in [0.717, 1.165) is 37.9 Å². The highest BCUT2D eigenvalue weighted by Crippen LogP contribution is 2.29. The average molecular weight is 313 g/mol. The summed E-state index contributed by atoms with van der Waals surface area (Å²) in [7, 11) is 3.14. The van der Waals surface area contributed by atoms with E-state index in [9.17, 15) is 4.79 Å². The summed E-state index contributed by atoms with van der Waals surface area (Å²) in [4.78, 5) is 11.8. The predicted octanol–water partition coefficient (Wildman–Crippen LogP) is 2.31. The number of nitrogens with one attached hydrogen (secondary N) is 2. The molecule has 118 valence electrons. The molecule has 0 atom stereocenters. The maximum absolute atomic E-state index is 11.8. The summed E-state index contributed by atoms with van der Waals surface area (Å²) in [5.74, 6) is 1.24. The van der Waals surface area contributed by atoms with Gasteiger partial charge in [0, 0.05) is 36.9 Å². The lowest BCUT2D eigenvalue weighted by Crippen LogP contribution is -2.12. The fraction of sp³-hybridized carbons (Fsp3) is 0.500. The van der Waals surface area contributed by atoms with Gasteiger partial charge in [-0.2, -0.15) is 0 Å². The Hall–Kier alpha value is -1.44. The number of carbonyl (C=O) groups is 1. The Bertz CT molecular complexity index is 443. The molecular formula is C14H23N3O3S. The minimum Gasteiger partial charge on any atom is -0.493 e. The minimum absolute atomic E-state index is 0.00313. The van der Waals surface area contributed by atoms with Crippen molar-refractivity contribution in [1.29, 1.82) is 0 Å². The second kappa shape index (κ2) is 10.3. The first-order valence-corrected chi connectivity index (χ1v) is 7.69. The highest BCUT2D eigenvalue weighted by molar-refractivity contribution is 7.95. The summed E-state index contributed by atoms with van der Waals surface area (Å²) in [5.41, 5.74) is 0.707. The lowest BCUT2D eigenvalue weighted by molar-refractivity contribution is -0.116. The SMILES string of the molecule is COc1ccc(NC(=O)CCCCCNSN)cc1OC. The van der Waals surface area contributed by atoms with Crippen molar-refractivity contribution in [2.75, 3.05) is 26.1 Å². The molecule has 1 aromatic carbocycles. The summed E-state index contributed by atoms with van der Waals surface area (Å²) in [6.07, 6.45) is 3.36. The Balaban J connectivity index is 2.34. The molecule has 0 bridgehead atoms. The first-order valence-electron chi connectivity index (χ1n) is 6.81. The monoisotopic (exact) mass is 313 g/mol. The second-order valence-electron chi connectivity index (χ2n) is 4.44. The van der Waals surface area contributed by atoms with Crippen LogP contribution in [-0.4, -0.2) is 26.7 Å². The van der Waals surface area contributed by atoms with E-state index >= 15 is 0 Å². The molecule has 0 saturated heterocycles. The van der Waals surface area contributed by atoms with Gasteiger partial charge in [0.15, 0.2) is 11.5 Å². The third-order valence-corrected chi connectivity index (χ3v) is 3.30. The van der Waals surface area contributed by atoms with Gasteiger partial charge in [0.05, 0.1) is 14.2 Å². The van der Waals surface area contributed by atoms with Gasteiger partial charge >= 0.3 is 0 Å². The fourth-order valence-electron chi connectivity index (χ4n) is 1.86. The van der Waals surface area contributed by atoms with Crippen molar-refractivity contribution in [2.45, 2.75) is 25.7 Å². The Morgan fingerprint density at radius 1 is 1.19 bits per heavy atom. The van der Waals surface area contributed by atoms with Gasteiger partial charge in [0.1, 0.15) is 0 Å². The molecule has 0 saturated carbocycles. The Morgan fingerprint density at radius 2 is 1.95 bits per heavy atom. The summed E-state index contributed by atoms with van der Waals surface area (Å²) in [5, 5.41) is 8.10. The number of anilines is 1. The summed E-state index contributed by atoms with van der Waals surface area (Å²) in [6, 6.07) is 5.31. The Morgan fingerprint density at radius 3 is 2.62 bits per heavy atom. The number of ether oxygens (including phenoxy) is 2. The first kappa shape index (κ1) is 17.6. The highest BCUT2D eigenvalue weighted by Gasteiger charge is 2.07. The van der Waals surface area contributed by atoms with Crippen LogP contribution in [0.3, 0.4) is 0 Å². The molecule has 21 heavy (non-hydrogen) atoms. The summed E-state index contributed by atoms with van der Waals surface area (Å²) < 4.78 is 13.3. The Labute approximate surface area is 130 Å². The van der Waals surface area contributed by atoms with E-state index < -0.39 is 0 Å². The molecule has 1 rings (SSSR count). The molecule has 6 nitrogen and oxygen atoms in total. The van der Waals surface area contributed by atoms with Gasteiger partial charge in [-0.1, -0.05) is 6.42 Å². The molecule has 1 aromatic rings. The van der Waals surface area contributed by atoms with Crippen molar-refractivity contribution < 1.29 is 14.3 Å². The molecule has 4 N–H and O–H groups in total. The molecule has 0 fully saturated rings. The van der Waals surface area contributed by atoms with Crippen molar-refractivity contribution in [3.05, 3.63) is 18.2 Å². The number of benzene rings is 1. The molecule has 0 unspecified atom stereocenters. The maximum atomic E-state index is 11.8. The third kappa shape index (κ3) is 6.70. The van der Waals surface area contributed by atoms with Gasteiger partial charge in [0.25, 0.3) is 0 Å². The molecule has 1 amide bonds. The largest absolute Gasteiger partial charge is 0.493 e. The van der Waals surface area contributed by atoms with E-state index in [1.54, 1.807) is 32.4 Å².